The first-order chi connectivity index (χ1) is 7.27. The van der Waals surface area contributed by atoms with Gasteiger partial charge in [-0.05, 0) is 12.1 Å². The lowest BCUT2D eigenvalue weighted by Gasteiger charge is -2.10. The Morgan fingerprint density at radius 3 is 2.38 bits per heavy atom. The zero-order valence-electron chi connectivity index (χ0n) is 7.86. The Balaban J connectivity index is 3.38. The van der Waals surface area contributed by atoms with Crippen LogP contribution in [0.3, 0.4) is 0 Å². The van der Waals surface area contributed by atoms with Crippen molar-refractivity contribution >= 4 is 17.4 Å². The van der Waals surface area contributed by atoms with Crippen molar-refractivity contribution < 1.29 is 27.1 Å². The lowest BCUT2D eigenvalue weighted by Crippen LogP contribution is -2.23. The van der Waals surface area contributed by atoms with Crippen molar-refractivity contribution in [2.45, 2.75) is 6.18 Å². The second-order valence-electron chi connectivity index (χ2n) is 2.80. The Hall–Kier alpha value is -1.30. The third kappa shape index (κ3) is 2.44. The van der Waals surface area contributed by atoms with E-state index >= 15 is 0 Å². The lowest BCUT2D eigenvalue weighted by atomic mass is 10.1. The van der Waals surface area contributed by atoms with Gasteiger partial charge in [0, 0.05) is 5.02 Å². The van der Waals surface area contributed by atoms with Crippen LogP contribution in [-0.2, 0) is 0 Å². The first kappa shape index (κ1) is 12.8. The van der Waals surface area contributed by atoms with Gasteiger partial charge in [-0.1, -0.05) is 11.6 Å². The highest BCUT2D eigenvalue weighted by Crippen LogP contribution is 2.32. The van der Waals surface area contributed by atoms with Crippen molar-refractivity contribution in [1.82, 2.24) is 0 Å². The largest absolute Gasteiger partial charge is 0.493 e. The minimum absolute atomic E-state index is 0.314. The number of ketones is 1. The summed E-state index contributed by atoms with van der Waals surface area (Å²) in [7, 11) is 0.958. The first-order valence-corrected chi connectivity index (χ1v) is 4.29. The minimum Gasteiger partial charge on any atom is -0.493 e. The second kappa shape index (κ2) is 4.29. The number of rotatable bonds is 2. The maximum Gasteiger partial charge on any atom is 0.455 e. The molecule has 0 aliphatic heterocycles. The summed E-state index contributed by atoms with van der Waals surface area (Å²) in [6.07, 6.45) is -5.11. The van der Waals surface area contributed by atoms with Crippen LogP contribution in [0.1, 0.15) is 10.4 Å². The molecule has 88 valence electrons. The van der Waals surface area contributed by atoms with Gasteiger partial charge in [0.25, 0.3) is 5.78 Å². The van der Waals surface area contributed by atoms with Crippen molar-refractivity contribution in [1.29, 1.82) is 0 Å². The number of carbonyl (C=O) groups is 1. The maximum absolute atomic E-state index is 13.1. The van der Waals surface area contributed by atoms with E-state index in [1.54, 1.807) is 0 Å². The van der Waals surface area contributed by atoms with Crippen molar-refractivity contribution in [2.24, 2.45) is 0 Å². The number of benzene rings is 1. The van der Waals surface area contributed by atoms with Gasteiger partial charge in [0.15, 0.2) is 11.6 Å². The average Bonchev–Trinajstić information content (AvgIpc) is 2.14. The average molecular weight is 257 g/mol. The number of hydrogen-bond acceptors (Lipinski definition) is 2. The highest BCUT2D eigenvalue weighted by atomic mass is 35.5. The normalized spacial score (nSPS) is 11.4. The molecule has 0 saturated carbocycles. The lowest BCUT2D eigenvalue weighted by molar-refractivity contribution is -0.0886. The molecule has 0 atom stereocenters. The Morgan fingerprint density at radius 1 is 1.38 bits per heavy atom. The summed E-state index contributed by atoms with van der Waals surface area (Å²) in [5, 5.41) is -0.314. The summed E-state index contributed by atoms with van der Waals surface area (Å²) >= 11 is 5.36. The molecule has 1 rings (SSSR count). The van der Waals surface area contributed by atoms with Crippen LogP contribution in [0.25, 0.3) is 0 Å². The maximum atomic E-state index is 13.1. The van der Waals surface area contributed by atoms with Crippen molar-refractivity contribution in [3.8, 4) is 5.75 Å². The smallest absolute Gasteiger partial charge is 0.455 e. The number of Topliss-reactive ketones (excluding diaryl/α,β-unsaturated/α-hetero) is 1. The van der Waals surface area contributed by atoms with Crippen LogP contribution in [0.2, 0.25) is 5.02 Å². The number of halogens is 5. The molecule has 1 aromatic rings. The molecule has 7 heteroatoms. The second-order valence-corrected chi connectivity index (χ2v) is 3.23. The fourth-order valence-electron chi connectivity index (χ4n) is 1.09. The van der Waals surface area contributed by atoms with Crippen LogP contribution in [0, 0.1) is 5.82 Å². The third-order valence-electron chi connectivity index (χ3n) is 1.71. The standard InChI is InChI=1S/C9H5ClF4O2/c1-16-7-5(8(15)9(12,13)14)2-4(10)3-6(7)11/h2-3H,1H3. The number of ether oxygens (including phenoxy) is 1. The van der Waals surface area contributed by atoms with Gasteiger partial charge in [-0.15, -0.1) is 0 Å². The molecule has 0 saturated heterocycles. The SMILES string of the molecule is COc1c(F)cc(Cl)cc1C(=O)C(F)(F)F. The molecule has 1 aromatic carbocycles. The Labute approximate surface area is 92.8 Å². The Morgan fingerprint density at radius 2 is 1.94 bits per heavy atom. The van der Waals surface area contributed by atoms with E-state index in [0.29, 0.717) is 6.07 Å². The van der Waals surface area contributed by atoms with Crippen LogP contribution < -0.4 is 4.74 Å². The highest BCUT2D eigenvalue weighted by molar-refractivity contribution is 6.31. The van der Waals surface area contributed by atoms with Crippen LogP contribution in [0.4, 0.5) is 17.6 Å². The fourth-order valence-corrected chi connectivity index (χ4v) is 1.29. The van der Waals surface area contributed by atoms with E-state index in [2.05, 4.69) is 4.74 Å². The van der Waals surface area contributed by atoms with Gasteiger partial charge >= 0.3 is 6.18 Å². The number of alkyl halides is 3. The number of hydrogen-bond donors (Lipinski definition) is 0. The molecule has 2 nitrogen and oxygen atoms in total. The molecule has 0 unspecified atom stereocenters. The molecule has 0 heterocycles. The molecular formula is C9H5ClF4O2. The zero-order valence-corrected chi connectivity index (χ0v) is 8.62. The van der Waals surface area contributed by atoms with E-state index in [4.69, 9.17) is 11.6 Å². The molecule has 0 radical (unpaired) electrons. The summed E-state index contributed by atoms with van der Waals surface area (Å²) in [4.78, 5) is 10.9. The first-order valence-electron chi connectivity index (χ1n) is 3.92. The zero-order chi connectivity index (χ0) is 12.5. The van der Waals surface area contributed by atoms with Gasteiger partial charge in [0.05, 0.1) is 12.7 Å². The summed E-state index contributed by atoms with van der Waals surface area (Å²) in [6, 6.07) is 1.47. The third-order valence-corrected chi connectivity index (χ3v) is 1.93. The van der Waals surface area contributed by atoms with Gasteiger partial charge < -0.3 is 4.74 Å². The van der Waals surface area contributed by atoms with Crippen molar-refractivity contribution in [3.63, 3.8) is 0 Å². The molecule has 16 heavy (non-hydrogen) atoms. The topological polar surface area (TPSA) is 26.3 Å². The molecule has 0 spiro atoms. The van der Waals surface area contributed by atoms with E-state index in [0.717, 1.165) is 13.2 Å². The number of carbonyl (C=O) groups excluding carboxylic acids is 1. The van der Waals surface area contributed by atoms with Crippen LogP contribution in [-0.4, -0.2) is 19.1 Å². The molecule has 0 aliphatic carbocycles. The van der Waals surface area contributed by atoms with Gasteiger partial charge in [-0.2, -0.15) is 13.2 Å². The molecular weight excluding hydrogens is 252 g/mol. The van der Waals surface area contributed by atoms with Gasteiger partial charge in [-0.3, -0.25) is 4.79 Å². The molecule has 0 bridgehead atoms. The molecule has 0 N–H and O–H groups in total. The molecule has 0 amide bonds. The van der Waals surface area contributed by atoms with Crippen molar-refractivity contribution in [3.05, 3.63) is 28.5 Å². The van der Waals surface area contributed by atoms with E-state index < -0.39 is 29.1 Å². The molecule has 0 fully saturated rings. The van der Waals surface area contributed by atoms with Crippen LogP contribution >= 0.6 is 11.6 Å². The summed E-state index contributed by atoms with van der Waals surface area (Å²) < 4.78 is 54.0. The van der Waals surface area contributed by atoms with E-state index in [9.17, 15) is 22.4 Å². The van der Waals surface area contributed by atoms with E-state index in [1.165, 1.54) is 0 Å². The fraction of sp³-hybridized carbons (Fsp3) is 0.222. The summed E-state index contributed by atoms with van der Waals surface area (Å²) in [5.41, 5.74) is -0.944. The quantitative estimate of drug-likeness (QED) is 0.600. The minimum atomic E-state index is -5.11. The number of methoxy groups -OCH3 is 1. The predicted octanol–water partition coefficient (Wildman–Crippen LogP) is 3.23. The molecule has 0 aromatic heterocycles. The van der Waals surface area contributed by atoms with Gasteiger partial charge in [0.2, 0.25) is 0 Å². The van der Waals surface area contributed by atoms with Crippen LogP contribution in [0.15, 0.2) is 12.1 Å². The van der Waals surface area contributed by atoms with E-state index in [-0.39, 0.29) is 5.02 Å². The highest BCUT2D eigenvalue weighted by Gasteiger charge is 2.41. The molecule has 0 aliphatic rings. The van der Waals surface area contributed by atoms with Crippen LogP contribution in [0.5, 0.6) is 5.75 Å². The summed E-state index contributed by atoms with van der Waals surface area (Å²) in [5.74, 6) is -4.10. The van der Waals surface area contributed by atoms with E-state index in [1.807, 2.05) is 0 Å². The van der Waals surface area contributed by atoms with Gasteiger partial charge in [0.1, 0.15) is 0 Å². The summed E-state index contributed by atoms with van der Waals surface area (Å²) in [6.45, 7) is 0. The van der Waals surface area contributed by atoms with Gasteiger partial charge in [-0.25, -0.2) is 4.39 Å². The monoisotopic (exact) mass is 256 g/mol. The Kier molecular flexibility index (Phi) is 3.42. The van der Waals surface area contributed by atoms with Crippen molar-refractivity contribution in [2.75, 3.05) is 7.11 Å². The Bertz CT molecular complexity index is 428. The predicted molar refractivity (Wildman–Crippen MR) is 48.3 cm³/mol.